The molecule has 0 aliphatic carbocycles. The number of rotatable bonds is 7. The van der Waals surface area contributed by atoms with Gasteiger partial charge in [-0.1, -0.05) is 13.0 Å². The van der Waals surface area contributed by atoms with Gasteiger partial charge in [-0.15, -0.1) is 11.3 Å². The summed E-state index contributed by atoms with van der Waals surface area (Å²) in [7, 11) is 0. The van der Waals surface area contributed by atoms with Crippen LogP contribution in [0.2, 0.25) is 0 Å². The molecule has 1 unspecified atom stereocenters. The van der Waals surface area contributed by atoms with E-state index in [4.69, 9.17) is 9.90 Å². The zero-order valence-electron chi connectivity index (χ0n) is 23.4. The van der Waals surface area contributed by atoms with Crippen LogP contribution in [0.1, 0.15) is 51.9 Å². The molecule has 1 fully saturated rings. The lowest BCUT2D eigenvalue weighted by Gasteiger charge is -2.33. The highest BCUT2D eigenvalue weighted by Crippen LogP contribution is 2.25. The molecule has 14 heteroatoms. The molecule has 1 aliphatic rings. The topological polar surface area (TPSA) is 139 Å². The summed E-state index contributed by atoms with van der Waals surface area (Å²) < 4.78 is 31.7. The van der Waals surface area contributed by atoms with Crippen LogP contribution in [0.5, 0.6) is 0 Å². The molecule has 3 heterocycles. The summed E-state index contributed by atoms with van der Waals surface area (Å²) in [5.41, 5.74) is 2.92. The van der Waals surface area contributed by atoms with Crippen molar-refractivity contribution in [3.05, 3.63) is 76.0 Å². The van der Waals surface area contributed by atoms with Crippen molar-refractivity contribution in [2.24, 2.45) is 0 Å². The summed E-state index contributed by atoms with van der Waals surface area (Å²) in [6.45, 7) is 7.05. The maximum atomic E-state index is 13.0. The predicted molar refractivity (Wildman–Crippen MR) is 159 cm³/mol. The summed E-state index contributed by atoms with van der Waals surface area (Å²) in [5, 5.41) is 26.5. The lowest BCUT2D eigenvalue weighted by atomic mass is 10.1. The number of aliphatic carboxylic acids is 1. The molecule has 0 bridgehead atoms. The molecule has 2 atom stereocenters. The first-order chi connectivity index (χ1) is 20.5. The van der Waals surface area contributed by atoms with Crippen LogP contribution in [0.4, 0.5) is 24.7 Å². The van der Waals surface area contributed by atoms with E-state index < -0.39 is 12.1 Å². The fourth-order valence-corrected chi connectivity index (χ4v) is 5.39. The van der Waals surface area contributed by atoms with E-state index in [1.807, 2.05) is 54.8 Å². The minimum absolute atomic E-state index is 0.0379. The van der Waals surface area contributed by atoms with Crippen LogP contribution in [0.25, 0.3) is 10.9 Å². The van der Waals surface area contributed by atoms with Crippen LogP contribution in [-0.4, -0.2) is 64.9 Å². The maximum absolute atomic E-state index is 13.0. The van der Waals surface area contributed by atoms with Crippen molar-refractivity contribution in [2.45, 2.75) is 38.5 Å². The number of halogens is 3. The van der Waals surface area contributed by atoms with Gasteiger partial charge in [0.1, 0.15) is 0 Å². The third-order valence-electron chi connectivity index (χ3n) is 6.76. The Morgan fingerprint density at radius 1 is 1.12 bits per heavy atom. The van der Waals surface area contributed by atoms with E-state index in [0.29, 0.717) is 28.4 Å². The number of carbonyl (C=O) groups excluding carboxylic acids is 2. The molecular weight excluding hydrogens is 585 g/mol. The molecule has 43 heavy (non-hydrogen) atoms. The van der Waals surface area contributed by atoms with Gasteiger partial charge in [0.2, 0.25) is 0 Å². The Labute approximate surface area is 249 Å². The van der Waals surface area contributed by atoms with Crippen molar-refractivity contribution < 1.29 is 32.7 Å². The van der Waals surface area contributed by atoms with Crippen molar-refractivity contribution >= 4 is 51.5 Å². The molecule has 1 aliphatic heterocycles. The average Bonchev–Trinajstić information content (AvgIpc) is 3.66. The Hall–Kier alpha value is -4.43. The number of hydrogen-bond donors (Lipinski definition) is 5. The number of hydrogen-bond acceptors (Lipinski definition) is 7. The Kier molecular flexibility index (Phi) is 10.0. The quantitative estimate of drug-likeness (QED) is 0.193. The Morgan fingerprint density at radius 2 is 1.81 bits per heavy atom. The van der Waals surface area contributed by atoms with E-state index in [9.17, 15) is 22.8 Å². The Morgan fingerprint density at radius 3 is 2.42 bits per heavy atom. The van der Waals surface area contributed by atoms with Gasteiger partial charge in [0.05, 0.1) is 11.6 Å². The number of nitrogens with one attached hydrogen (secondary N) is 4. The van der Waals surface area contributed by atoms with Crippen LogP contribution < -0.4 is 20.9 Å². The van der Waals surface area contributed by atoms with E-state index in [0.717, 1.165) is 42.1 Å². The minimum atomic E-state index is -5.08. The van der Waals surface area contributed by atoms with Crippen LogP contribution in [0.3, 0.4) is 0 Å². The Balaban J connectivity index is 0.000000541. The van der Waals surface area contributed by atoms with Gasteiger partial charge in [-0.3, -0.25) is 14.7 Å². The van der Waals surface area contributed by atoms with E-state index in [1.165, 1.54) is 0 Å². The zero-order chi connectivity index (χ0) is 31.1. The molecule has 4 aromatic rings. The first-order valence-electron chi connectivity index (χ1n) is 13.5. The second kappa shape index (κ2) is 13.7. The monoisotopic (exact) mass is 616 g/mol. The predicted octanol–water partition coefficient (Wildman–Crippen LogP) is 5.19. The number of aromatic nitrogens is 2. The average molecular weight is 617 g/mol. The summed E-state index contributed by atoms with van der Waals surface area (Å²) in [5.74, 6) is -2.77. The van der Waals surface area contributed by atoms with Gasteiger partial charge in [0.25, 0.3) is 11.8 Å². The molecule has 2 amide bonds. The number of alkyl halides is 3. The van der Waals surface area contributed by atoms with Gasteiger partial charge in [-0.25, -0.2) is 4.79 Å². The number of fused-ring (bicyclic) bond motifs is 1. The first kappa shape index (κ1) is 31.5. The second-order valence-electron chi connectivity index (χ2n) is 9.89. The second-order valence-corrected chi connectivity index (χ2v) is 10.9. The normalized spacial score (nSPS) is 15.7. The zero-order valence-corrected chi connectivity index (χ0v) is 24.2. The fraction of sp³-hybridized carbons (Fsp3) is 0.310. The largest absolute Gasteiger partial charge is 0.490 e. The minimum Gasteiger partial charge on any atom is -0.475 e. The van der Waals surface area contributed by atoms with Gasteiger partial charge < -0.3 is 26.0 Å². The van der Waals surface area contributed by atoms with Crippen molar-refractivity contribution in [3.8, 4) is 0 Å². The smallest absolute Gasteiger partial charge is 0.475 e. The highest BCUT2D eigenvalue weighted by molar-refractivity contribution is 7.10. The molecule has 0 saturated carbocycles. The Bertz CT molecular complexity index is 1560. The van der Waals surface area contributed by atoms with Crippen molar-refractivity contribution in [2.75, 3.05) is 29.9 Å². The number of carboxylic acids is 1. The van der Waals surface area contributed by atoms with E-state index in [-0.39, 0.29) is 17.9 Å². The summed E-state index contributed by atoms with van der Waals surface area (Å²) in [6.07, 6.45) is -4.28. The standard InChI is InChI=1S/C27H30N6O2S.C2HF3O2/c1-3-22(24-5-4-14-36-24)29-27(35)19-8-11-23-21(15-19)25(32-31-23)30-26(34)18-6-9-20(10-7-18)33-13-12-28-17(2)16-33;3-2(4,5)1(6)7/h4-11,14-15,17,22,28H,3,12-13,16H2,1-2H3,(H,29,35)(H2,30,31,32,34);(H,6,7)/t17-,22?;/m1./s1. The van der Waals surface area contributed by atoms with Crippen LogP contribution >= 0.6 is 11.3 Å². The van der Waals surface area contributed by atoms with Crippen LogP contribution in [0.15, 0.2) is 60.0 Å². The van der Waals surface area contributed by atoms with Crippen LogP contribution in [-0.2, 0) is 4.79 Å². The number of piperazine rings is 1. The first-order valence-corrected chi connectivity index (χ1v) is 14.4. The third kappa shape index (κ3) is 8.11. The lowest BCUT2D eigenvalue weighted by Crippen LogP contribution is -2.49. The molecule has 0 radical (unpaired) electrons. The summed E-state index contributed by atoms with van der Waals surface area (Å²) in [4.78, 5) is 38.3. The number of benzene rings is 2. The van der Waals surface area contributed by atoms with Gasteiger partial charge in [0, 0.05) is 52.8 Å². The van der Waals surface area contributed by atoms with Gasteiger partial charge in [0.15, 0.2) is 5.82 Å². The van der Waals surface area contributed by atoms with E-state index >= 15 is 0 Å². The molecule has 5 N–H and O–H groups in total. The number of amides is 2. The molecule has 2 aromatic heterocycles. The molecule has 228 valence electrons. The number of aromatic amines is 1. The van der Waals surface area contributed by atoms with E-state index in [2.05, 4.69) is 38.0 Å². The third-order valence-corrected chi connectivity index (χ3v) is 7.75. The SMILES string of the molecule is CCC(NC(=O)c1ccc2[nH]nc(NC(=O)c3ccc(N4CCN[C@H](C)C4)cc3)c2c1)c1cccs1.O=C(O)C(F)(F)F. The highest BCUT2D eigenvalue weighted by Gasteiger charge is 2.38. The molecular formula is C29H31F3N6O4S. The fourth-order valence-electron chi connectivity index (χ4n) is 4.53. The molecule has 0 spiro atoms. The lowest BCUT2D eigenvalue weighted by molar-refractivity contribution is -0.192. The van der Waals surface area contributed by atoms with Crippen molar-refractivity contribution in [1.82, 2.24) is 20.8 Å². The number of carbonyl (C=O) groups is 3. The number of carboxylic acid groups (broad SMARTS) is 1. The molecule has 2 aromatic carbocycles. The number of thiophene rings is 1. The molecule has 5 rings (SSSR count). The van der Waals surface area contributed by atoms with Crippen LogP contribution in [0, 0.1) is 0 Å². The maximum Gasteiger partial charge on any atom is 0.490 e. The number of H-pyrrole nitrogens is 1. The van der Waals surface area contributed by atoms with E-state index in [1.54, 1.807) is 23.5 Å². The van der Waals surface area contributed by atoms with Gasteiger partial charge >= 0.3 is 12.1 Å². The molecule has 10 nitrogen and oxygen atoms in total. The highest BCUT2D eigenvalue weighted by atomic mass is 32.1. The summed E-state index contributed by atoms with van der Waals surface area (Å²) in [6, 6.07) is 17.4. The van der Waals surface area contributed by atoms with Crippen molar-refractivity contribution in [1.29, 1.82) is 0 Å². The molecule has 1 saturated heterocycles. The van der Waals surface area contributed by atoms with Gasteiger partial charge in [-0.05, 0) is 67.3 Å². The number of nitrogens with zero attached hydrogens (tertiary/aromatic N) is 2. The van der Waals surface area contributed by atoms with Crippen molar-refractivity contribution in [3.63, 3.8) is 0 Å². The number of anilines is 2. The van der Waals surface area contributed by atoms with Gasteiger partial charge in [-0.2, -0.15) is 18.3 Å². The summed E-state index contributed by atoms with van der Waals surface area (Å²) >= 11 is 1.63.